The normalized spacial score (nSPS) is 21.2. The van der Waals surface area contributed by atoms with Crippen LogP contribution in [0, 0.1) is 5.92 Å². The lowest BCUT2D eigenvalue weighted by Crippen LogP contribution is -2.28. The maximum Gasteiger partial charge on any atom is 0.223 e. The van der Waals surface area contributed by atoms with Gasteiger partial charge in [0.05, 0.1) is 13.2 Å². The number of carbonyl (C=O) groups excluding carboxylic acids is 1. The van der Waals surface area contributed by atoms with E-state index in [1.54, 1.807) is 7.11 Å². The molecule has 4 heteroatoms. The van der Waals surface area contributed by atoms with Gasteiger partial charge in [-0.05, 0) is 18.9 Å². The van der Waals surface area contributed by atoms with Crippen LogP contribution < -0.4 is 4.74 Å². The van der Waals surface area contributed by atoms with Gasteiger partial charge in [0.25, 0.3) is 0 Å². The van der Waals surface area contributed by atoms with Crippen LogP contribution in [0.3, 0.4) is 0 Å². The van der Waals surface area contributed by atoms with E-state index in [9.17, 15) is 4.79 Å². The van der Waals surface area contributed by atoms with Crippen LogP contribution in [-0.2, 0) is 4.79 Å². The molecule has 2 unspecified atom stereocenters. The van der Waals surface area contributed by atoms with E-state index in [2.05, 4.69) is 22.9 Å². The fourth-order valence-electron chi connectivity index (χ4n) is 2.47. The Balaban J connectivity index is 2.21. The lowest BCUT2D eigenvalue weighted by Gasteiger charge is -2.26. The minimum atomic E-state index is 0.0673. The summed E-state index contributed by atoms with van der Waals surface area (Å²) in [6.07, 6.45) is 0.644. The molecular weight excluding hydrogens is 294 g/mol. The summed E-state index contributed by atoms with van der Waals surface area (Å²) in [5, 5.41) is 0.883. The molecule has 98 valence electrons. The van der Waals surface area contributed by atoms with E-state index in [0.29, 0.717) is 12.3 Å². The van der Waals surface area contributed by atoms with E-state index in [4.69, 9.17) is 4.74 Å². The summed E-state index contributed by atoms with van der Waals surface area (Å²) in [5.41, 5.74) is 1.07. The second-order valence-electron chi connectivity index (χ2n) is 4.69. The third-order valence-corrected chi connectivity index (χ3v) is 4.43. The van der Waals surface area contributed by atoms with Crippen molar-refractivity contribution in [1.82, 2.24) is 4.90 Å². The number of hydrogen-bond acceptors (Lipinski definition) is 2. The number of benzene rings is 1. The van der Waals surface area contributed by atoms with Crippen LogP contribution in [0.25, 0.3) is 0 Å². The van der Waals surface area contributed by atoms with E-state index in [1.807, 2.05) is 29.2 Å². The number of alkyl halides is 1. The Hall–Kier alpha value is -1.03. The quantitative estimate of drug-likeness (QED) is 0.800. The standard InChI is InChI=1S/C14H18BrNO2/c1-10(12-5-3-4-6-13(12)18-2)16-9-11(8-15)7-14(16)17/h3-6,10-11H,7-9H2,1-2H3. The largest absolute Gasteiger partial charge is 0.496 e. The third kappa shape index (κ3) is 2.53. The van der Waals surface area contributed by atoms with Crippen molar-refractivity contribution >= 4 is 21.8 Å². The number of methoxy groups -OCH3 is 1. The number of halogens is 1. The third-order valence-electron chi connectivity index (χ3n) is 3.51. The molecule has 1 aromatic carbocycles. The van der Waals surface area contributed by atoms with Crippen molar-refractivity contribution in [2.75, 3.05) is 19.0 Å². The Kier molecular flexibility index (Phi) is 4.27. The van der Waals surface area contributed by atoms with Crippen LogP contribution in [0.1, 0.15) is 24.9 Å². The summed E-state index contributed by atoms with van der Waals surface area (Å²) in [5.74, 6) is 1.51. The van der Waals surface area contributed by atoms with Crippen molar-refractivity contribution in [3.8, 4) is 5.75 Å². The van der Waals surface area contributed by atoms with Crippen LogP contribution in [-0.4, -0.2) is 29.8 Å². The van der Waals surface area contributed by atoms with Crippen molar-refractivity contribution in [3.63, 3.8) is 0 Å². The Morgan fingerprint density at radius 1 is 1.50 bits per heavy atom. The number of hydrogen-bond donors (Lipinski definition) is 0. The second-order valence-corrected chi connectivity index (χ2v) is 5.34. The van der Waals surface area contributed by atoms with Gasteiger partial charge in [0.1, 0.15) is 5.75 Å². The van der Waals surface area contributed by atoms with Gasteiger partial charge in [-0.2, -0.15) is 0 Å². The number of ether oxygens (including phenoxy) is 1. The molecule has 1 fully saturated rings. The Labute approximate surface area is 116 Å². The summed E-state index contributed by atoms with van der Waals surface area (Å²) in [7, 11) is 1.67. The Morgan fingerprint density at radius 3 is 2.83 bits per heavy atom. The maximum absolute atomic E-state index is 12.0. The fraction of sp³-hybridized carbons (Fsp3) is 0.500. The van der Waals surface area contributed by atoms with Gasteiger partial charge in [0.2, 0.25) is 5.91 Å². The van der Waals surface area contributed by atoms with Crippen LogP contribution in [0.2, 0.25) is 0 Å². The summed E-state index contributed by atoms with van der Waals surface area (Å²) in [6, 6.07) is 7.96. The van der Waals surface area contributed by atoms with Gasteiger partial charge < -0.3 is 9.64 Å². The zero-order chi connectivity index (χ0) is 13.1. The molecule has 1 saturated heterocycles. The van der Waals surface area contributed by atoms with E-state index >= 15 is 0 Å². The SMILES string of the molecule is COc1ccccc1C(C)N1CC(CBr)CC1=O. The van der Waals surface area contributed by atoms with Crippen LogP contribution >= 0.6 is 15.9 Å². The molecule has 2 rings (SSSR count). The number of likely N-dealkylation sites (tertiary alicyclic amines) is 1. The zero-order valence-electron chi connectivity index (χ0n) is 10.7. The monoisotopic (exact) mass is 311 g/mol. The van der Waals surface area contributed by atoms with Gasteiger partial charge in [0, 0.05) is 23.9 Å². The van der Waals surface area contributed by atoms with Crippen molar-refractivity contribution < 1.29 is 9.53 Å². The predicted molar refractivity (Wildman–Crippen MR) is 75.0 cm³/mol. The van der Waals surface area contributed by atoms with E-state index < -0.39 is 0 Å². The van der Waals surface area contributed by atoms with E-state index in [1.165, 1.54) is 0 Å². The first-order chi connectivity index (χ1) is 8.67. The summed E-state index contributed by atoms with van der Waals surface area (Å²) >= 11 is 3.46. The molecule has 1 aliphatic rings. The lowest BCUT2D eigenvalue weighted by molar-refractivity contribution is -0.129. The molecule has 0 spiro atoms. The lowest BCUT2D eigenvalue weighted by atomic mass is 10.1. The molecule has 2 atom stereocenters. The molecule has 0 N–H and O–H groups in total. The smallest absolute Gasteiger partial charge is 0.223 e. The fourth-order valence-corrected chi connectivity index (χ4v) is 2.90. The molecule has 3 nitrogen and oxygen atoms in total. The zero-order valence-corrected chi connectivity index (χ0v) is 12.3. The molecular formula is C14H18BrNO2. The maximum atomic E-state index is 12.0. The van der Waals surface area contributed by atoms with Crippen molar-refractivity contribution in [2.24, 2.45) is 5.92 Å². The van der Waals surface area contributed by atoms with Gasteiger partial charge in [-0.25, -0.2) is 0 Å². The molecule has 0 bridgehead atoms. The summed E-state index contributed by atoms with van der Waals surface area (Å²) in [4.78, 5) is 14.0. The predicted octanol–water partition coefficient (Wildman–Crippen LogP) is 3.00. The Morgan fingerprint density at radius 2 is 2.22 bits per heavy atom. The second kappa shape index (κ2) is 5.74. The molecule has 1 amide bonds. The number of carbonyl (C=O) groups is 1. The minimum Gasteiger partial charge on any atom is -0.496 e. The van der Waals surface area contributed by atoms with Gasteiger partial charge >= 0.3 is 0 Å². The first-order valence-electron chi connectivity index (χ1n) is 6.15. The van der Waals surface area contributed by atoms with Gasteiger partial charge in [0.15, 0.2) is 0 Å². The average Bonchev–Trinajstić information content (AvgIpc) is 2.79. The topological polar surface area (TPSA) is 29.5 Å². The highest BCUT2D eigenvalue weighted by Gasteiger charge is 2.33. The summed E-state index contributed by atoms with van der Waals surface area (Å²) < 4.78 is 5.37. The number of rotatable bonds is 4. The first kappa shape index (κ1) is 13.4. The van der Waals surface area contributed by atoms with E-state index in [0.717, 1.165) is 23.2 Å². The molecule has 1 aromatic rings. The molecule has 0 saturated carbocycles. The van der Waals surface area contributed by atoms with Gasteiger partial charge in [-0.15, -0.1) is 0 Å². The number of nitrogens with zero attached hydrogens (tertiary/aromatic N) is 1. The van der Waals surface area contributed by atoms with Crippen LogP contribution in [0.4, 0.5) is 0 Å². The molecule has 18 heavy (non-hydrogen) atoms. The van der Waals surface area contributed by atoms with Crippen molar-refractivity contribution in [3.05, 3.63) is 29.8 Å². The van der Waals surface area contributed by atoms with Gasteiger partial charge in [-0.3, -0.25) is 4.79 Å². The Bertz CT molecular complexity index is 436. The molecule has 1 heterocycles. The molecule has 0 aliphatic carbocycles. The molecule has 1 aliphatic heterocycles. The number of amides is 1. The molecule has 0 aromatic heterocycles. The minimum absolute atomic E-state index is 0.0673. The highest BCUT2D eigenvalue weighted by atomic mass is 79.9. The number of para-hydroxylation sites is 1. The highest BCUT2D eigenvalue weighted by molar-refractivity contribution is 9.09. The highest BCUT2D eigenvalue weighted by Crippen LogP contribution is 2.33. The van der Waals surface area contributed by atoms with Crippen molar-refractivity contribution in [2.45, 2.75) is 19.4 Å². The summed E-state index contributed by atoms with van der Waals surface area (Å²) in [6.45, 7) is 2.88. The average molecular weight is 312 g/mol. The molecule has 0 radical (unpaired) electrons. The van der Waals surface area contributed by atoms with E-state index in [-0.39, 0.29) is 11.9 Å². The van der Waals surface area contributed by atoms with Crippen LogP contribution in [0.5, 0.6) is 5.75 Å². The van der Waals surface area contributed by atoms with Crippen molar-refractivity contribution in [1.29, 1.82) is 0 Å². The first-order valence-corrected chi connectivity index (χ1v) is 7.27. The van der Waals surface area contributed by atoms with Crippen LogP contribution in [0.15, 0.2) is 24.3 Å². The van der Waals surface area contributed by atoms with Gasteiger partial charge in [-0.1, -0.05) is 34.1 Å².